The van der Waals surface area contributed by atoms with Crippen LogP contribution in [0.25, 0.3) is 0 Å². The number of amides is 2. The van der Waals surface area contributed by atoms with E-state index in [1.165, 1.54) is 30.3 Å². The number of nitrogens with one attached hydrogen (secondary N) is 1. The van der Waals surface area contributed by atoms with Crippen molar-refractivity contribution in [2.45, 2.75) is 0 Å². The molecule has 2 aromatic carbocycles. The molecule has 1 aliphatic heterocycles. The largest absolute Gasteiger partial charge is 0.336 e. The zero-order valence-electron chi connectivity index (χ0n) is 14.4. The number of hydrogen-bond acceptors (Lipinski definition) is 3. The third-order valence-electron chi connectivity index (χ3n) is 4.32. The number of hydrogen-bond donors (Lipinski definition) is 1. The number of anilines is 1. The minimum Gasteiger partial charge on any atom is -0.336 e. The van der Waals surface area contributed by atoms with E-state index in [-0.39, 0.29) is 18.1 Å². The van der Waals surface area contributed by atoms with Crippen molar-refractivity contribution in [2.24, 2.45) is 0 Å². The molecule has 2 amide bonds. The van der Waals surface area contributed by atoms with E-state index in [0.29, 0.717) is 37.8 Å². The molecular weight excluding hydrogens is 359 g/mol. The van der Waals surface area contributed by atoms with Gasteiger partial charge in [0.2, 0.25) is 5.91 Å². The van der Waals surface area contributed by atoms with Crippen LogP contribution < -0.4 is 5.32 Å². The van der Waals surface area contributed by atoms with Gasteiger partial charge in [0, 0.05) is 37.8 Å². The monoisotopic (exact) mass is 377 g/mol. The first kappa shape index (κ1) is 18.9. The molecule has 2 aromatic rings. The highest BCUT2D eigenvalue weighted by Gasteiger charge is 2.23. The molecule has 0 spiro atoms. The van der Waals surface area contributed by atoms with Gasteiger partial charge in [-0.15, -0.1) is 0 Å². The fourth-order valence-corrected chi connectivity index (χ4v) is 2.87. The number of piperazine rings is 1. The van der Waals surface area contributed by atoms with Gasteiger partial charge in [-0.2, -0.15) is 0 Å². The maximum Gasteiger partial charge on any atom is 0.253 e. The Morgan fingerprint density at radius 1 is 0.889 bits per heavy atom. The van der Waals surface area contributed by atoms with E-state index < -0.39 is 23.4 Å². The Morgan fingerprint density at radius 2 is 1.52 bits per heavy atom. The number of halogens is 3. The summed E-state index contributed by atoms with van der Waals surface area (Å²) in [5.74, 6) is -2.56. The van der Waals surface area contributed by atoms with E-state index >= 15 is 0 Å². The van der Waals surface area contributed by atoms with Crippen molar-refractivity contribution < 1.29 is 22.8 Å². The van der Waals surface area contributed by atoms with Gasteiger partial charge in [-0.3, -0.25) is 14.5 Å². The van der Waals surface area contributed by atoms with E-state index in [9.17, 15) is 22.8 Å². The summed E-state index contributed by atoms with van der Waals surface area (Å²) in [4.78, 5) is 27.9. The lowest BCUT2D eigenvalue weighted by atomic mass is 10.2. The number of nitrogens with zero attached hydrogens (tertiary/aromatic N) is 2. The fraction of sp³-hybridized carbons (Fsp3) is 0.263. The molecule has 8 heteroatoms. The van der Waals surface area contributed by atoms with E-state index in [2.05, 4.69) is 5.32 Å². The fourth-order valence-electron chi connectivity index (χ4n) is 2.87. The van der Waals surface area contributed by atoms with Crippen molar-refractivity contribution in [2.75, 3.05) is 38.0 Å². The van der Waals surface area contributed by atoms with Crippen LogP contribution in [-0.4, -0.2) is 54.3 Å². The second-order valence-corrected chi connectivity index (χ2v) is 6.25. The maximum atomic E-state index is 13.6. The number of rotatable bonds is 4. The Bertz CT molecular complexity index is 835. The summed E-state index contributed by atoms with van der Waals surface area (Å²) >= 11 is 0. The van der Waals surface area contributed by atoms with Crippen molar-refractivity contribution in [1.82, 2.24) is 9.80 Å². The summed E-state index contributed by atoms with van der Waals surface area (Å²) < 4.78 is 39.4. The van der Waals surface area contributed by atoms with Crippen molar-refractivity contribution in [1.29, 1.82) is 0 Å². The Morgan fingerprint density at radius 3 is 2.15 bits per heavy atom. The molecule has 1 fully saturated rings. The highest BCUT2D eigenvalue weighted by molar-refractivity contribution is 5.94. The Hall–Kier alpha value is -2.87. The van der Waals surface area contributed by atoms with Gasteiger partial charge >= 0.3 is 0 Å². The van der Waals surface area contributed by atoms with Crippen LogP contribution >= 0.6 is 0 Å². The van der Waals surface area contributed by atoms with Crippen LogP contribution in [0.1, 0.15) is 10.4 Å². The smallest absolute Gasteiger partial charge is 0.253 e. The maximum absolute atomic E-state index is 13.6. The molecule has 1 N–H and O–H groups in total. The molecule has 1 aliphatic rings. The molecule has 3 rings (SSSR count). The first-order valence-corrected chi connectivity index (χ1v) is 8.44. The van der Waals surface area contributed by atoms with Crippen molar-refractivity contribution in [3.8, 4) is 0 Å². The van der Waals surface area contributed by atoms with Crippen LogP contribution in [0, 0.1) is 17.5 Å². The van der Waals surface area contributed by atoms with Crippen LogP contribution in [0.5, 0.6) is 0 Å². The first-order chi connectivity index (χ1) is 12.9. The second kappa shape index (κ2) is 8.22. The zero-order valence-corrected chi connectivity index (χ0v) is 14.4. The molecule has 0 atom stereocenters. The van der Waals surface area contributed by atoms with Gasteiger partial charge in [0.1, 0.15) is 17.5 Å². The molecule has 0 unspecified atom stereocenters. The second-order valence-electron chi connectivity index (χ2n) is 6.25. The lowest BCUT2D eigenvalue weighted by Crippen LogP contribution is -2.50. The Kier molecular flexibility index (Phi) is 5.75. The van der Waals surface area contributed by atoms with E-state index in [4.69, 9.17) is 0 Å². The van der Waals surface area contributed by atoms with Gasteiger partial charge in [-0.1, -0.05) is 0 Å². The molecule has 0 radical (unpaired) electrons. The van der Waals surface area contributed by atoms with E-state index in [1.54, 1.807) is 4.90 Å². The summed E-state index contributed by atoms with van der Waals surface area (Å²) in [6.07, 6.45) is 0. The van der Waals surface area contributed by atoms with Crippen LogP contribution in [0.2, 0.25) is 0 Å². The summed E-state index contributed by atoms with van der Waals surface area (Å²) in [5, 5.41) is 2.41. The third-order valence-corrected chi connectivity index (χ3v) is 4.32. The Labute approximate surface area is 154 Å². The molecule has 0 bridgehead atoms. The molecule has 27 heavy (non-hydrogen) atoms. The number of carbonyl (C=O) groups is 2. The van der Waals surface area contributed by atoms with Gasteiger partial charge in [-0.05, 0) is 36.4 Å². The summed E-state index contributed by atoms with van der Waals surface area (Å²) in [6, 6.07) is 8.30. The van der Waals surface area contributed by atoms with Crippen LogP contribution in [0.4, 0.5) is 18.9 Å². The topological polar surface area (TPSA) is 52.7 Å². The molecule has 1 heterocycles. The average molecular weight is 377 g/mol. The van der Waals surface area contributed by atoms with Gasteiger partial charge in [0.05, 0.1) is 12.2 Å². The zero-order chi connectivity index (χ0) is 19.4. The van der Waals surface area contributed by atoms with Crippen LogP contribution in [-0.2, 0) is 4.79 Å². The van der Waals surface area contributed by atoms with Gasteiger partial charge < -0.3 is 10.2 Å². The average Bonchev–Trinajstić information content (AvgIpc) is 2.65. The molecule has 0 aliphatic carbocycles. The standard InChI is InChI=1S/C19H18F3N3O2/c20-14-3-1-13(2-4-14)19(27)25-9-7-24(8-10-25)12-18(26)23-17-6-5-15(21)11-16(17)22/h1-6,11H,7-10,12H2,(H,23,26). The minimum atomic E-state index is -0.835. The predicted molar refractivity (Wildman–Crippen MR) is 93.7 cm³/mol. The van der Waals surface area contributed by atoms with Crippen molar-refractivity contribution in [3.63, 3.8) is 0 Å². The van der Waals surface area contributed by atoms with Crippen molar-refractivity contribution in [3.05, 3.63) is 65.5 Å². The molecule has 0 saturated carbocycles. The molecule has 142 valence electrons. The predicted octanol–water partition coefficient (Wildman–Crippen LogP) is 2.50. The first-order valence-electron chi connectivity index (χ1n) is 8.44. The highest BCUT2D eigenvalue weighted by atomic mass is 19.1. The third kappa shape index (κ3) is 4.85. The van der Waals surface area contributed by atoms with Gasteiger partial charge in [-0.25, -0.2) is 13.2 Å². The SMILES string of the molecule is O=C(CN1CCN(C(=O)c2ccc(F)cc2)CC1)Nc1ccc(F)cc1F. The van der Waals surface area contributed by atoms with Gasteiger partial charge in [0.25, 0.3) is 5.91 Å². The molecule has 5 nitrogen and oxygen atoms in total. The van der Waals surface area contributed by atoms with Crippen LogP contribution in [0.15, 0.2) is 42.5 Å². The normalized spacial score (nSPS) is 14.9. The van der Waals surface area contributed by atoms with Gasteiger partial charge in [0.15, 0.2) is 0 Å². The summed E-state index contributed by atoms with van der Waals surface area (Å²) in [6.45, 7) is 1.84. The summed E-state index contributed by atoms with van der Waals surface area (Å²) in [7, 11) is 0. The lowest BCUT2D eigenvalue weighted by molar-refractivity contribution is -0.117. The number of benzene rings is 2. The highest BCUT2D eigenvalue weighted by Crippen LogP contribution is 2.15. The summed E-state index contributed by atoms with van der Waals surface area (Å²) in [5.41, 5.74) is 0.334. The molecule has 0 aromatic heterocycles. The lowest BCUT2D eigenvalue weighted by Gasteiger charge is -2.34. The van der Waals surface area contributed by atoms with Crippen molar-refractivity contribution >= 4 is 17.5 Å². The van der Waals surface area contributed by atoms with Crippen LogP contribution in [0.3, 0.4) is 0 Å². The minimum absolute atomic E-state index is 0.0371. The quantitative estimate of drug-likeness (QED) is 0.891. The van der Waals surface area contributed by atoms with E-state index in [1.807, 2.05) is 4.90 Å². The molecular formula is C19H18F3N3O2. The Balaban J connectivity index is 1.49. The number of carbonyl (C=O) groups excluding carboxylic acids is 2. The molecule has 1 saturated heterocycles. The van der Waals surface area contributed by atoms with E-state index in [0.717, 1.165) is 6.07 Å².